The fraction of sp³-hybridized carbons (Fsp3) is 0.455. The zero-order chi connectivity index (χ0) is 13.3. The van der Waals surface area contributed by atoms with E-state index in [1.54, 1.807) is 6.07 Å². The molecule has 0 aliphatic carbocycles. The van der Waals surface area contributed by atoms with Crippen LogP contribution in [0.1, 0.15) is 6.42 Å². The highest BCUT2D eigenvalue weighted by atomic mass is 32.2. The Hall–Kier alpha value is -1.31. The van der Waals surface area contributed by atoms with E-state index >= 15 is 0 Å². The van der Waals surface area contributed by atoms with Crippen molar-refractivity contribution in [3.8, 4) is 0 Å². The minimum Gasteiger partial charge on any atom is -0.399 e. The summed E-state index contributed by atoms with van der Waals surface area (Å²) in [6.45, 7) is 1.36. The number of rotatable bonds is 3. The van der Waals surface area contributed by atoms with Gasteiger partial charge in [-0.25, -0.2) is 13.6 Å². The standard InChI is InChI=1S/C11H17N3O3S/c1-14(9-2-3-17-7-9)10-4-8(12)5-11(6-10)18(13,15)16/h4-6,9H,2-3,7,12H2,1H3,(H2,13,15,16). The van der Waals surface area contributed by atoms with E-state index in [1.807, 2.05) is 11.9 Å². The molecule has 1 aromatic rings. The van der Waals surface area contributed by atoms with E-state index < -0.39 is 10.0 Å². The van der Waals surface area contributed by atoms with Crippen LogP contribution in [0.15, 0.2) is 23.1 Å². The Morgan fingerprint density at radius 3 is 2.67 bits per heavy atom. The molecule has 0 amide bonds. The van der Waals surface area contributed by atoms with Crippen molar-refractivity contribution in [1.82, 2.24) is 0 Å². The van der Waals surface area contributed by atoms with Crippen molar-refractivity contribution in [2.45, 2.75) is 17.4 Å². The fourth-order valence-corrected chi connectivity index (χ4v) is 2.60. The van der Waals surface area contributed by atoms with Gasteiger partial charge < -0.3 is 15.4 Å². The van der Waals surface area contributed by atoms with Crippen LogP contribution in [0.25, 0.3) is 0 Å². The molecule has 1 aromatic carbocycles. The molecule has 100 valence electrons. The lowest BCUT2D eigenvalue weighted by Crippen LogP contribution is -2.32. The minimum absolute atomic E-state index is 0.0308. The summed E-state index contributed by atoms with van der Waals surface area (Å²) in [5.41, 5.74) is 6.82. The van der Waals surface area contributed by atoms with Gasteiger partial charge in [0.1, 0.15) is 0 Å². The van der Waals surface area contributed by atoms with Crippen LogP contribution >= 0.6 is 0 Å². The zero-order valence-electron chi connectivity index (χ0n) is 10.2. The number of hydrogen-bond acceptors (Lipinski definition) is 5. The summed E-state index contributed by atoms with van der Waals surface area (Å²) < 4.78 is 28.0. The molecule has 1 fully saturated rings. The number of nitrogens with two attached hydrogens (primary N) is 2. The van der Waals surface area contributed by atoms with Gasteiger partial charge in [-0.3, -0.25) is 0 Å². The van der Waals surface area contributed by atoms with Gasteiger partial charge in [-0.2, -0.15) is 0 Å². The number of hydrogen-bond donors (Lipinski definition) is 2. The summed E-state index contributed by atoms with van der Waals surface area (Å²) in [5, 5.41) is 5.12. The Bertz CT molecular complexity index is 538. The van der Waals surface area contributed by atoms with Crippen LogP contribution in [0, 0.1) is 0 Å². The van der Waals surface area contributed by atoms with Crippen molar-refractivity contribution < 1.29 is 13.2 Å². The molecule has 1 saturated heterocycles. The molecule has 0 aromatic heterocycles. The Kier molecular flexibility index (Phi) is 3.47. The van der Waals surface area contributed by atoms with Crippen LogP contribution in [0.2, 0.25) is 0 Å². The summed E-state index contributed by atoms with van der Waals surface area (Å²) in [4.78, 5) is 2.00. The number of primary sulfonamides is 1. The van der Waals surface area contributed by atoms with Crippen molar-refractivity contribution in [2.24, 2.45) is 5.14 Å². The topological polar surface area (TPSA) is 98.6 Å². The monoisotopic (exact) mass is 271 g/mol. The Labute approximate surface area is 107 Å². The molecule has 0 saturated carbocycles. The second-order valence-corrected chi connectivity index (χ2v) is 5.99. The number of anilines is 2. The van der Waals surface area contributed by atoms with Gasteiger partial charge in [-0.05, 0) is 24.6 Å². The molecule has 7 heteroatoms. The van der Waals surface area contributed by atoms with Crippen molar-refractivity contribution in [3.63, 3.8) is 0 Å². The van der Waals surface area contributed by atoms with Crippen molar-refractivity contribution in [3.05, 3.63) is 18.2 Å². The van der Waals surface area contributed by atoms with E-state index in [0.717, 1.165) is 18.7 Å². The molecule has 4 N–H and O–H groups in total. The average Bonchev–Trinajstić information content (AvgIpc) is 2.79. The smallest absolute Gasteiger partial charge is 0.238 e. The van der Waals surface area contributed by atoms with Gasteiger partial charge in [0.2, 0.25) is 10.0 Å². The predicted octanol–water partition coefficient (Wildman–Crippen LogP) is 0.141. The molecular formula is C11H17N3O3S. The molecule has 6 nitrogen and oxygen atoms in total. The maximum absolute atomic E-state index is 11.4. The van der Waals surface area contributed by atoms with Crippen LogP contribution in [-0.4, -0.2) is 34.7 Å². The van der Waals surface area contributed by atoms with E-state index in [2.05, 4.69) is 0 Å². The third kappa shape index (κ3) is 2.74. The van der Waals surface area contributed by atoms with Crippen molar-refractivity contribution in [1.29, 1.82) is 0 Å². The quantitative estimate of drug-likeness (QED) is 0.762. The predicted molar refractivity (Wildman–Crippen MR) is 69.9 cm³/mol. The molecule has 2 rings (SSSR count). The number of sulfonamides is 1. The Balaban J connectivity index is 2.35. The number of nitrogen functional groups attached to an aromatic ring is 1. The fourth-order valence-electron chi connectivity index (χ4n) is 2.01. The first-order valence-electron chi connectivity index (χ1n) is 5.62. The molecule has 1 aliphatic rings. The lowest BCUT2D eigenvalue weighted by atomic mass is 10.2. The van der Waals surface area contributed by atoms with E-state index in [0.29, 0.717) is 12.3 Å². The second-order valence-electron chi connectivity index (χ2n) is 4.43. The van der Waals surface area contributed by atoms with Crippen molar-refractivity contribution >= 4 is 21.4 Å². The maximum atomic E-state index is 11.4. The van der Waals surface area contributed by atoms with Crippen molar-refractivity contribution in [2.75, 3.05) is 30.9 Å². The largest absolute Gasteiger partial charge is 0.399 e. The summed E-state index contributed by atoms with van der Waals surface area (Å²) in [6.07, 6.45) is 0.913. The van der Waals surface area contributed by atoms with Gasteiger partial charge in [0.25, 0.3) is 0 Å². The molecular weight excluding hydrogens is 254 g/mol. The molecule has 1 unspecified atom stereocenters. The average molecular weight is 271 g/mol. The lowest BCUT2D eigenvalue weighted by molar-refractivity contribution is 0.193. The van der Waals surface area contributed by atoms with E-state index in [4.69, 9.17) is 15.6 Å². The van der Waals surface area contributed by atoms with E-state index in [9.17, 15) is 8.42 Å². The van der Waals surface area contributed by atoms with Gasteiger partial charge in [-0.1, -0.05) is 0 Å². The Morgan fingerprint density at radius 2 is 2.11 bits per heavy atom. The number of ether oxygens (including phenoxy) is 1. The van der Waals surface area contributed by atoms with Crippen LogP contribution in [0.5, 0.6) is 0 Å². The highest BCUT2D eigenvalue weighted by Crippen LogP contribution is 2.25. The molecule has 0 spiro atoms. The summed E-state index contributed by atoms with van der Waals surface area (Å²) in [6, 6.07) is 4.86. The maximum Gasteiger partial charge on any atom is 0.238 e. The summed E-state index contributed by atoms with van der Waals surface area (Å²) >= 11 is 0. The molecule has 1 atom stereocenters. The third-order valence-electron chi connectivity index (χ3n) is 3.10. The first-order valence-corrected chi connectivity index (χ1v) is 7.16. The van der Waals surface area contributed by atoms with Crippen LogP contribution in [0.3, 0.4) is 0 Å². The zero-order valence-corrected chi connectivity index (χ0v) is 11.0. The van der Waals surface area contributed by atoms with Gasteiger partial charge in [0, 0.05) is 25.0 Å². The first-order chi connectivity index (χ1) is 8.38. The van der Waals surface area contributed by atoms with Gasteiger partial charge in [0.15, 0.2) is 0 Å². The molecule has 0 bridgehead atoms. The normalized spacial score (nSPS) is 20.0. The van der Waals surface area contributed by atoms with Gasteiger partial charge in [0.05, 0.1) is 17.5 Å². The third-order valence-corrected chi connectivity index (χ3v) is 4.00. The summed E-state index contributed by atoms with van der Waals surface area (Å²) in [5.74, 6) is 0. The number of benzene rings is 1. The van der Waals surface area contributed by atoms with E-state index in [1.165, 1.54) is 12.1 Å². The number of likely N-dealkylation sites (N-methyl/N-ethyl adjacent to an activating group) is 1. The first kappa shape index (κ1) is 13.1. The molecule has 1 heterocycles. The van der Waals surface area contributed by atoms with Crippen LogP contribution in [-0.2, 0) is 14.8 Å². The SMILES string of the molecule is CN(c1cc(N)cc(S(N)(=O)=O)c1)C1CCOC1. The summed E-state index contributed by atoms with van der Waals surface area (Å²) in [7, 11) is -1.85. The second kappa shape index (κ2) is 4.75. The van der Waals surface area contributed by atoms with Gasteiger partial charge in [-0.15, -0.1) is 0 Å². The van der Waals surface area contributed by atoms with Crippen LogP contribution < -0.4 is 15.8 Å². The lowest BCUT2D eigenvalue weighted by Gasteiger charge is -2.26. The van der Waals surface area contributed by atoms with Gasteiger partial charge >= 0.3 is 0 Å². The van der Waals surface area contributed by atoms with E-state index in [-0.39, 0.29) is 10.9 Å². The highest BCUT2D eigenvalue weighted by molar-refractivity contribution is 7.89. The number of nitrogens with zero attached hydrogens (tertiary/aromatic N) is 1. The highest BCUT2D eigenvalue weighted by Gasteiger charge is 2.22. The minimum atomic E-state index is -3.74. The van der Waals surface area contributed by atoms with Crippen LogP contribution in [0.4, 0.5) is 11.4 Å². The molecule has 0 radical (unpaired) electrons. The molecule has 1 aliphatic heterocycles. The Morgan fingerprint density at radius 1 is 1.39 bits per heavy atom. The molecule has 18 heavy (non-hydrogen) atoms.